The zero-order valence-corrected chi connectivity index (χ0v) is 9.19. The average Bonchev–Trinajstić information content (AvgIpc) is 2.27. The van der Waals surface area contributed by atoms with E-state index in [9.17, 15) is 9.90 Å². The van der Waals surface area contributed by atoms with Crippen LogP contribution in [0.5, 0.6) is 5.75 Å². The minimum atomic E-state index is -0.627. The van der Waals surface area contributed by atoms with E-state index in [0.717, 1.165) is 0 Å². The van der Waals surface area contributed by atoms with E-state index in [2.05, 4.69) is 16.4 Å². The van der Waals surface area contributed by atoms with Gasteiger partial charge in [0.15, 0.2) is 0 Å². The Morgan fingerprint density at radius 1 is 1.69 bits per heavy atom. The van der Waals surface area contributed by atoms with E-state index in [1.54, 1.807) is 13.8 Å². The predicted molar refractivity (Wildman–Crippen MR) is 57.6 cm³/mol. The van der Waals surface area contributed by atoms with Gasteiger partial charge >= 0.3 is 0 Å². The highest BCUT2D eigenvalue weighted by atomic mass is 16.3. The molecule has 0 aliphatic carbocycles. The van der Waals surface area contributed by atoms with Crippen molar-refractivity contribution in [2.75, 3.05) is 6.54 Å². The van der Waals surface area contributed by atoms with Crippen LogP contribution in [0.1, 0.15) is 24.2 Å². The minimum Gasteiger partial charge on any atom is -0.505 e. The third-order valence-corrected chi connectivity index (χ3v) is 2.04. The molecule has 0 spiro atoms. The summed E-state index contributed by atoms with van der Waals surface area (Å²) in [6, 6.07) is 3.49. The molecule has 0 aromatic carbocycles. The molecule has 5 heteroatoms. The van der Waals surface area contributed by atoms with E-state index >= 15 is 0 Å². The molecule has 1 heterocycles. The zero-order valence-electron chi connectivity index (χ0n) is 9.19. The number of nitrogens with zero attached hydrogens (tertiary/aromatic N) is 2. The number of carbonyl (C=O) groups is 1. The second kappa shape index (κ2) is 4.62. The normalized spacial score (nSPS) is 10.6. The summed E-state index contributed by atoms with van der Waals surface area (Å²) in [4.78, 5) is 15.3. The lowest BCUT2D eigenvalue weighted by Crippen LogP contribution is -2.33. The monoisotopic (exact) mass is 219 g/mol. The molecule has 0 atom stereocenters. The van der Waals surface area contributed by atoms with Crippen LogP contribution >= 0.6 is 0 Å². The first-order valence-electron chi connectivity index (χ1n) is 4.79. The summed E-state index contributed by atoms with van der Waals surface area (Å²) in [7, 11) is 0. The Kier molecular flexibility index (Phi) is 3.46. The summed E-state index contributed by atoms with van der Waals surface area (Å²) >= 11 is 0. The molecule has 0 aliphatic rings. The highest BCUT2D eigenvalue weighted by molar-refractivity contribution is 5.96. The number of carbonyl (C=O) groups excluding carboxylic acids is 1. The van der Waals surface area contributed by atoms with Crippen LogP contribution in [0.2, 0.25) is 0 Å². The second-order valence-electron chi connectivity index (χ2n) is 4.07. The van der Waals surface area contributed by atoms with Crippen LogP contribution in [0.25, 0.3) is 0 Å². The molecule has 1 aromatic rings. The highest BCUT2D eigenvalue weighted by Gasteiger charge is 2.19. The van der Waals surface area contributed by atoms with Crippen LogP contribution in [0.4, 0.5) is 0 Å². The number of aromatic hydroxyl groups is 1. The molecule has 1 amide bonds. The van der Waals surface area contributed by atoms with Gasteiger partial charge in [-0.3, -0.25) is 9.78 Å². The highest BCUT2D eigenvalue weighted by Crippen LogP contribution is 2.15. The fourth-order valence-corrected chi connectivity index (χ4v) is 1.01. The summed E-state index contributed by atoms with van der Waals surface area (Å²) < 4.78 is 0. The molecule has 1 aromatic heterocycles. The number of nitrogens with one attached hydrogen (secondary N) is 1. The van der Waals surface area contributed by atoms with E-state index in [4.69, 9.17) is 5.26 Å². The molecule has 5 nitrogen and oxygen atoms in total. The van der Waals surface area contributed by atoms with Crippen molar-refractivity contribution in [3.8, 4) is 11.8 Å². The Morgan fingerprint density at radius 3 is 2.94 bits per heavy atom. The van der Waals surface area contributed by atoms with Crippen LogP contribution in [-0.4, -0.2) is 22.5 Å². The number of nitriles is 1. The topological polar surface area (TPSA) is 86.0 Å². The second-order valence-corrected chi connectivity index (χ2v) is 4.07. The van der Waals surface area contributed by atoms with E-state index in [-0.39, 0.29) is 17.9 Å². The van der Waals surface area contributed by atoms with Gasteiger partial charge in [0.25, 0.3) is 5.91 Å². The molecule has 0 unspecified atom stereocenters. The van der Waals surface area contributed by atoms with Gasteiger partial charge < -0.3 is 10.4 Å². The number of pyridine rings is 1. The van der Waals surface area contributed by atoms with E-state index in [1.165, 1.54) is 18.5 Å². The molecule has 0 radical (unpaired) electrons. The first-order valence-corrected chi connectivity index (χ1v) is 4.79. The maximum Gasteiger partial charge on any atom is 0.255 e. The fourth-order valence-electron chi connectivity index (χ4n) is 1.01. The molecule has 2 N–H and O–H groups in total. The van der Waals surface area contributed by atoms with Gasteiger partial charge in [-0.15, -0.1) is 0 Å². The van der Waals surface area contributed by atoms with Gasteiger partial charge in [-0.25, -0.2) is 0 Å². The standard InChI is InChI=1S/C11H13N3O2/c1-11(2,6-12)7-14-10(16)8-3-4-13-5-9(8)15/h3-5,15H,7H2,1-2H3,(H,14,16). The Balaban J connectivity index is 2.68. The molecule has 0 saturated heterocycles. The van der Waals surface area contributed by atoms with Crippen molar-refractivity contribution in [2.45, 2.75) is 13.8 Å². The van der Waals surface area contributed by atoms with E-state index < -0.39 is 11.3 Å². The Hall–Kier alpha value is -2.09. The van der Waals surface area contributed by atoms with Crippen molar-refractivity contribution >= 4 is 5.91 Å². The number of aromatic nitrogens is 1. The quantitative estimate of drug-likeness (QED) is 0.796. The lowest BCUT2D eigenvalue weighted by Gasteiger charge is -2.15. The van der Waals surface area contributed by atoms with E-state index in [1.807, 2.05) is 0 Å². The van der Waals surface area contributed by atoms with Crippen LogP contribution in [0.15, 0.2) is 18.5 Å². The molecule has 0 saturated carbocycles. The van der Waals surface area contributed by atoms with Gasteiger partial charge in [-0.2, -0.15) is 5.26 Å². The maximum absolute atomic E-state index is 11.6. The van der Waals surface area contributed by atoms with Gasteiger partial charge in [-0.1, -0.05) is 0 Å². The van der Waals surface area contributed by atoms with Crippen molar-refractivity contribution in [3.05, 3.63) is 24.0 Å². The Labute approximate surface area is 93.7 Å². The molecule has 16 heavy (non-hydrogen) atoms. The summed E-state index contributed by atoms with van der Waals surface area (Å²) in [5.74, 6) is -0.585. The van der Waals surface area contributed by atoms with Gasteiger partial charge in [0.05, 0.1) is 23.2 Å². The van der Waals surface area contributed by atoms with Crippen molar-refractivity contribution in [1.29, 1.82) is 5.26 Å². The number of rotatable bonds is 3. The van der Waals surface area contributed by atoms with Crippen molar-refractivity contribution in [2.24, 2.45) is 5.41 Å². The number of hydrogen-bond donors (Lipinski definition) is 2. The van der Waals surface area contributed by atoms with Crippen molar-refractivity contribution < 1.29 is 9.90 Å². The third kappa shape index (κ3) is 2.95. The summed E-state index contributed by atoms with van der Waals surface area (Å²) in [6.07, 6.45) is 2.62. The average molecular weight is 219 g/mol. The SMILES string of the molecule is CC(C)(C#N)CNC(=O)c1ccncc1O. The lowest BCUT2D eigenvalue weighted by molar-refractivity contribution is 0.0941. The van der Waals surface area contributed by atoms with Crippen LogP contribution in [0, 0.1) is 16.7 Å². The predicted octanol–water partition coefficient (Wildman–Crippen LogP) is 1.07. The summed E-state index contributed by atoms with van der Waals surface area (Å²) in [5, 5.41) is 20.7. The van der Waals surface area contributed by atoms with Gasteiger partial charge in [-0.05, 0) is 19.9 Å². The largest absolute Gasteiger partial charge is 0.505 e. The first-order chi connectivity index (χ1) is 7.46. The maximum atomic E-state index is 11.6. The molecule has 0 bridgehead atoms. The minimum absolute atomic E-state index is 0.156. The third-order valence-electron chi connectivity index (χ3n) is 2.04. The zero-order chi connectivity index (χ0) is 12.2. The smallest absolute Gasteiger partial charge is 0.255 e. The van der Waals surface area contributed by atoms with Crippen molar-refractivity contribution in [1.82, 2.24) is 10.3 Å². The number of amides is 1. The fraction of sp³-hybridized carbons (Fsp3) is 0.364. The molecule has 0 fully saturated rings. The molecule has 1 rings (SSSR count). The Bertz CT molecular complexity index is 435. The summed E-state index contributed by atoms with van der Waals surface area (Å²) in [5.41, 5.74) is -0.470. The van der Waals surface area contributed by atoms with Crippen LogP contribution in [-0.2, 0) is 0 Å². The molecular weight excluding hydrogens is 206 g/mol. The molecular formula is C11H13N3O2. The van der Waals surface area contributed by atoms with E-state index in [0.29, 0.717) is 0 Å². The van der Waals surface area contributed by atoms with Gasteiger partial charge in [0.1, 0.15) is 5.75 Å². The Morgan fingerprint density at radius 2 is 2.38 bits per heavy atom. The molecule has 84 valence electrons. The van der Waals surface area contributed by atoms with Crippen LogP contribution in [0.3, 0.4) is 0 Å². The first kappa shape index (κ1) is 12.0. The lowest BCUT2D eigenvalue weighted by atomic mass is 9.96. The summed E-state index contributed by atoms with van der Waals surface area (Å²) in [6.45, 7) is 3.67. The number of hydrogen-bond acceptors (Lipinski definition) is 4. The van der Waals surface area contributed by atoms with Crippen LogP contribution < -0.4 is 5.32 Å². The molecule has 0 aliphatic heterocycles. The van der Waals surface area contributed by atoms with Gasteiger partial charge in [0, 0.05) is 12.7 Å². The van der Waals surface area contributed by atoms with Crippen molar-refractivity contribution in [3.63, 3.8) is 0 Å². The van der Waals surface area contributed by atoms with Gasteiger partial charge in [0.2, 0.25) is 0 Å².